The van der Waals surface area contributed by atoms with Gasteiger partial charge in [0.25, 0.3) is 10.0 Å². The highest BCUT2D eigenvalue weighted by molar-refractivity contribution is 7.92. The predicted molar refractivity (Wildman–Crippen MR) is 88.3 cm³/mol. The van der Waals surface area contributed by atoms with Crippen molar-refractivity contribution < 1.29 is 17.9 Å². The summed E-state index contributed by atoms with van der Waals surface area (Å²) in [5.41, 5.74) is 0.913. The van der Waals surface area contributed by atoms with Gasteiger partial charge in [-0.3, -0.25) is 14.8 Å². The zero-order chi connectivity index (χ0) is 17.7. The van der Waals surface area contributed by atoms with E-state index in [2.05, 4.69) is 31.6 Å². The Balaban J connectivity index is 2.21. The summed E-state index contributed by atoms with van der Waals surface area (Å²) in [6, 6.07) is 2.86. The fourth-order valence-electron chi connectivity index (χ4n) is 2.22. The Morgan fingerprint density at radius 3 is 2.79 bits per heavy atom. The van der Waals surface area contributed by atoms with Crippen molar-refractivity contribution in [3.05, 3.63) is 35.8 Å². The molecule has 2 rings (SSSR count). The fraction of sp³-hybridized carbons (Fsp3) is 0.400. The lowest BCUT2D eigenvalue weighted by molar-refractivity contribution is 0.0600. The third kappa shape index (κ3) is 4.10. The number of aromatic amines is 1. The van der Waals surface area contributed by atoms with Crippen LogP contribution in [-0.2, 0) is 14.8 Å². The number of anilines is 1. The number of nitrogens with zero attached hydrogens (tertiary/aromatic N) is 2. The summed E-state index contributed by atoms with van der Waals surface area (Å²) in [4.78, 5) is 15.1. The SMILES string of the molecule is CCCC(C)c1cc(NS(=O)(=O)c2cncc(C(=O)OC)c2)n[nH]1. The van der Waals surface area contributed by atoms with E-state index in [0.717, 1.165) is 24.7 Å². The van der Waals surface area contributed by atoms with Crippen LogP contribution < -0.4 is 4.72 Å². The van der Waals surface area contributed by atoms with E-state index in [9.17, 15) is 13.2 Å². The molecule has 8 nitrogen and oxygen atoms in total. The maximum Gasteiger partial charge on any atom is 0.339 e. The second-order valence-electron chi connectivity index (χ2n) is 5.40. The number of hydrogen-bond acceptors (Lipinski definition) is 6. The van der Waals surface area contributed by atoms with Crippen LogP contribution in [0.25, 0.3) is 0 Å². The molecule has 0 spiro atoms. The maximum atomic E-state index is 12.4. The molecule has 0 aliphatic carbocycles. The van der Waals surface area contributed by atoms with Gasteiger partial charge in [0.1, 0.15) is 4.90 Å². The summed E-state index contributed by atoms with van der Waals surface area (Å²) >= 11 is 0. The number of sulfonamides is 1. The molecule has 24 heavy (non-hydrogen) atoms. The van der Waals surface area contributed by atoms with Gasteiger partial charge < -0.3 is 4.74 Å². The lowest BCUT2D eigenvalue weighted by Crippen LogP contribution is -2.14. The minimum absolute atomic E-state index is 0.0552. The highest BCUT2D eigenvalue weighted by atomic mass is 32.2. The molecule has 0 bridgehead atoms. The van der Waals surface area contributed by atoms with Crippen molar-refractivity contribution in [1.82, 2.24) is 15.2 Å². The number of hydrogen-bond donors (Lipinski definition) is 2. The van der Waals surface area contributed by atoms with E-state index in [1.807, 2.05) is 6.92 Å². The largest absolute Gasteiger partial charge is 0.465 e. The molecule has 0 aliphatic heterocycles. The summed E-state index contributed by atoms with van der Waals surface area (Å²) in [7, 11) is -2.69. The van der Waals surface area contributed by atoms with Crippen molar-refractivity contribution in [2.75, 3.05) is 11.8 Å². The van der Waals surface area contributed by atoms with Crippen LogP contribution in [0.4, 0.5) is 5.82 Å². The second-order valence-corrected chi connectivity index (χ2v) is 7.09. The van der Waals surface area contributed by atoms with Crippen molar-refractivity contribution in [2.24, 2.45) is 0 Å². The van der Waals surface area contributed by atoms with Crippen LogP contribution in [-0.4, -0.2) is 36.7 Å². The van der Waals surface area contributed by atoms with E-state index in [4.69, 9.17) is 0 Å². The average Bonchev–Trinajstić information content (AvgIpc) is 3.02. The minimum Gasteiger partial charge on any atom is -0.465 e. The van der Waals surface area contributed by atoms with Crippen molar-refractivity contribution in [1.29, 1.82) is 0 Å². The molecular weight excluding hydrogens is 332 g/mol. The average molecular weight is 352 g/mol. The zero-order valence-corrected chi connectivity index (χ0v) is 14.6. The van der Waals surface area contributed by atoms with Gasteiger partial charge in [-0.2, -0.15) is 5.10 Å². The Labute approximate surface area is 140 Å². The predicted octanol–water partition coefficient (Wildman–Crippen LogP) is 2.30. The maximum absolute atomic E-state index is 12.4. The molecule has 1 unspecified atom stereocenters. The van der Waals surface area contributed by atoms with Crippen LogP contribution in [0.3, 0.4) is 0 Å². The van der Waals surface area contributed by atoms with Crippen LogP contribution in [0.5, 0.6) is 0 Å². The normalized spacial score (nSPS) is 12.6. The molecule has 0 aliphatic rings. The first kappa shape index (κ1) is 17.9. The smallest absolute Gasteiger partial charge is 0.339 e. The lowest BCUT2D eigenvalue weighted by Gasteiger charge is -2.07. The standard InChI is InChI=1S/C15H20N4O4S/c1-4-5-10(2)13-7-14(18-17-13)19-24(21,22)12-6-11(8-16-9-12)15(20)23-3/h6-10H,4-5H2,1-3H3,(H2,17,18,19). The summed E-state index contributed by atoms with van der Waals surface area (Å²) in [6.07, 6.45) is 4.39. The highest BCUT2D eigenvalue weighted by Gasteiger charge is 2.19. The molecule has 9 heteroatoms. The molecule has 2 heterocycles. The molecule has 2 aromatic heterocycles. The third-order valence-electron chi connectivity index (χ3n) is 3.53. The topological polar surface area (TPSA) is 114 Å². The molecule has 0 fully saturated rings. The van der Waals surface area contributed by atoms with Crippen LogP contribution in [0.15, 0.2) is 29.4 Å². The Bertz CT molecular complexity index is 816. The highest BCUT2D eigenvalue weighted by Crippen LogP contribution is 2.22. The van der Waals surface area contributed by atoms with Crippen LogP contribution in [0.2, 0.25) is 0 Å². The minimum atomic E-state index is -3.91. The van der Waals surface area contributed by atoms with Gasteiger partial charge in [0.2, 0.25) is 0 Å². The van der Waals surface area contributed by atoms with Gasteiger partial charge in [0.05, 0.1) is 12.7 Å². The summed E-state index contributed by atoms with van der Waals surface area (Å²) < 4.78 is 31.8. The number of esters is 1. The zero-order valence-electron chi connectivity index (χ0n) is 13.7. The molecule has 0 saturated carbocycles. The molecule has 0 amide bonds. The number of H-pyrrole nitrogens is 1. The van der Waals surface area contributed by atoms with E-state index in [0.29, 0.717) is 0 Å². The molecule has 0 radical (unpaired) electrons. The molecule has 130 valence electrons. The summed E-state index contributed by atoms with van der Waals surface area (Å²) in [5.74, 6) is -0.212. The van der Waals surface area contributed by atoms with Gasteiger partial charge in [-0.15, -0.1) is 0 Å². The molecule has 2 aromatic rings. The van der Waals surface area contributed by atoms with Gasteiger partial charge in [-0.05, 0) is 18.4 Å². The Morgan fingerprint density at radius 1 is 1.38 bits per heavy atom. The summed E-state index contributed by atoms with van der Waals surface area (Å²) in [5, 5.41) is 6.81. The summed E-state index contributed by atoms with van der Waals surface area (Å²) in [6.45, 7) is 4.12. The monoisotopic (exact) mass is 352 g/mol. The van der Waals surface area contributed by atoms with Gasteiger partial charge in [0.15, 0.2) is 5.82 Å². The number of aromatic nitrogens is 3. The Hall–Kier alpha value is -2.42. The number of rotatable bonds is 7. The first-order valence-electron chi connectivity index (χ1n) is 7.49. The van der Waals surface area contributed by atoms with Crippen LogP contribution >= 0.6 is 0 Å². The van der Waals surface area contributed by atoms with Crippen molar-refractivity contribution in [2.45, 2.75) is 37.5 Å². The molecule has 0 aromatic carbocycles. The third-order valence-corrected chi connectivity index (χ3v) is 4.86. The number of ether oxygens (including phenoxy) is 1. The van der Waals surface area contributed by atoms with E-state index >= 15 is 0 Å². The van der Waals surface area contributed by atoms with Crippen molar-refractivity contribution >= 4 is 21.8 Å². The van der Waals surface area contributed by atoms with Crippen molar-refractivity contribution in [3.63, 3.8) is 0 Å². The van der Waals surface area contributed by atoms with E-state index in [-0.39, 0.29) is 22.2 Å². The first-order valence-corrected chi connectivity index (χ1v) is 8.97. The van der Waals surface area contributed by atoms with Gasteiger partial charge in [-0.1, -0.05) is 20.3 Å². The number of carbonyl (C=O) groups is 1. The number of carbonyl (C=O) groups excluding carboxylic acids is 1. The van der Waals surface area contributed by atoms with Crippen molar-refractivity contribution in [3.8, 4) is 0 Å². The first-order chi connectivity index (χ1) is 11.4. The lowest BCUT2D eigenvalue weighted by atomic mass is 10.0. The van der Waals surface area contributed by atoms with E-state index < -0.39 is 16.0 Å². The number of pyridine rings is 1. The molecule has 1 atom stereocenters. The second kappa shape index (κ2) is 7.43. The quantitative estimate of drug-likeness (QED) is 0.739. The Kier molecular flexibility index (Phi) is 5.55. The molecule has 2 N–H and O–H groups in total. The number of methoxy groups -OCH3 is 1. The fourth-order valence-corrected chi connectivity index (χ4v) is 3.20. The van der Waals surface area contributed by atoms with Gasteiger partial charge >= 0.3 is 5.97 Å². The van der Waals surface area contributed by atoms with E-state index in [1.165, 1.54) is 19.4 Å². The van der Waals surface area contributed by atoms with Gasteiger partial charge in [-0.25, -0.2) is 13.2 Å². The van der Waals surface area contributed by atoms with Crippen LogP contribution in [0, 0.1) is 0 Å². The molecular formula is C15H20N4O4S. The molecule has 0 saturated heterocycles. The van der Waals surface area contributed by atoms with E-state index in [1.54, 1.807) is 6.07 Å². The van der Waals surface area contributed by atoms with Crippen LogP contribution in [0.1, 0.15) is 48.7 Å². The van der Waals surface area contributed by atoms with Gasteiger partial charge in [0, 0.05) is 24.2 Å². The number of nitrogens with one attached hydrogen (secondary N) is 2. The Morgan fingerprint density at radius 2 is 2.12 bits per heavy atom.